The Balaban J connectivity index is 1.30. The minimum absolute atomic E-state index is 0.0522. The Bertz CT molecular complexity index is 814. The molecule has 8 heteroatoms. The first-order valence-corrected chi connectivity index (χ1v) is 9.63. The lowest BCUT2D eigenvalue weighted by molar-refractivity contribution is -0.123. The molecular formula is C18H26N6O2. The monoisotopic (exact) mass is 358 g/mol. The van der Waals surface area contributed by atoms with E-state index in [1.807, 2.05) is 0 Å². The van der Waals surface area contributed by atoms with Crippen LogP contribution in [0.5, 0.6) is 0 Å². The van der Waals surface area contributed by atoms with Gasteiger partial charge in [0.25, 0.3) is 5.56 Å². The van der Waals surface area contributed by atoms with E-state index in [0.29, 0.717) is 5.52 Å². The summed E-state index contributed by atoms with van der Waals surface area (Å²) >= 11 is 0. The molecule has 0 radical (unpaired) electrons. The number of piperidine rings is 1. The number of hydrogen-bond acceptors (Lipinski definition) is 5. The van der Waals surface area contributed by atoms with E-state index in [9.17, 15) is 9.59 Å². The molecule has 26 heavy (non-hydrogen) atoms. The number of likely N-dealkylation sites (tertiary alicyclic amines) is 1. The van der Waals surface area contributed by atoms with Crippen molar-refractivity contribution in [3.05, 3.63) is 28.9 Å². The molecule has 8 nitrogen and oxygen atoms in total. The van der Waals surface area contributed by atoms with Gasteiger partial charge < -0.3 is 10.2 Å². The molecule has 2 aliphatic rings. The molecule has 2 aromatic rings. The topological polar surface area (TPSA) is 84.5 Å². The van der Waals surface area contributed by atoms with Crippen LogP contribution in [0.15, 0.2) is 23.4 Å². The summed E-state index contributed by atoms with van der Waals surface area (Å²) in [5.41, 5.74) is 0.126. The molecule has 0 aromatic carbocycles. The molecule has 1 aliphatic carbocycles. The van der Waals surface area contributed by atoms with E-state index in [-0.39, 0.29) is 24.1 Å². The van der Waals surface area contributed by atoms with E-state index in [4.69, 9.17) is 0 Å². The van der Waals surface area contributed by atoms with Crippen LogP contribution < -0.4 is 10.9 Å². The standard InChI is InChI=1S/C18H26N6O2/c25-17(12-23-18(26)16-6-9-19-24(16)13-20-23)21-14-7-10-22(11-8-14)15-4-2-1-3-5-15/h6,9,13-15H,1-5,7-8,10-12H2,(H,21,25). The van der Waals surface area contributed by atoms with Crippen molar-refractivity contribution in [1.82, 2.24) is 29.6 Å². The van der Waals surface area contributed by atoms with Crippen molar-refractivity contribution in [1.29, 1.82) is 0 Å². The fourth-order valence-corrected chi connectivity index (χ4v) is 4.25. The first-order valence-electron chi connectivity index (χ1n) is 9.63. The van der Waals surface area contributed by atoms with Gasteiger partial charge in [0.1, 0.15) is 18.4 Å². The van der Waals surface area contributed by atoms with Crippen LogP contribution in [0.2, 0.25) is 0 Å². The maximum atomic E-state index is 12.3. The highest BCUT2D eigenvalue weighted by atomic mass is 16.2. The van der Waals surface area contributed by atoms with Crippen molar-refractivity contribution in [2.45, 2.75) is 63.6 Å². The Morgan fingerprint density at radius 1 is 1.12 bits per heavy atom. The quantitative estimate of drug-likeness (QED) is 0.874. The van der Waals surface area contributed by atoms with Crippen LogP contribution in [-0.2, 0) is 11.3 Å². The average Bonchev–Trinajstić information content (AvgIpc) is 3.15. The lowest BCUT2D eigenvalue weighted by Crippen LogP contribution is -2.49. The predicted molar refractivity (Wildman–Crippen MR) is 96.9 cm³/mol. The summed E-state index contributed by atoms with van der Waals surface area (Å²) in [5, 5.41) is 11.1. The van der Waals surface area contributed by atoms with Crippen LogP contribution in [0.3, 0.4) is 0 Å². The lowest BCUT2D eigenvalue weighted by Gasteiger charge is -2.39. The minimum Gasteiger partial charge on any atom is -0.352 e. The van der Waals surface area contributed by atoms with Crippen molar-refractivity contribution in [3.8, 4) is 0 Å². The molecule has 1 aliphatic heterocycles. The SMILES string of the molecule is O=C(Cn1ncn2nccc2c1=O)NC1CCN(C2CCCCC2)CC1. The third-order valence-electron chi connectivity index (χ3n) is 5.70. The average molecular weight is 358 g/mol. The van der Waals surface area contributed by atoms with Gasteiger partial charge in [-0.25, -0.2) is 9.20 Å². The molecule has 1 amide bonds. The second-order valence-corrected chi connectivity index (χ2v) is 7.42. The molecule has 0 bridgehead atoms. The Kier molecular flexibility index (Phi) is 5.01. The highest BCUT2D eigenvalue weighted by Crippen LogP contribution is 2.25. The van der Waals surface area contributed by atoms with Gasteiger partial charge in [-0.2, -0.15) is 10.2 Å². The molecule has 140 valence electrons. The second-order valence-electron chi connectivity index (χ2n) is 7.42. The zero-order chi connectivity index (χ0) is 17.9. The molecule has 1 saturated carbocycles. The van der Waals surface area contributed by atoms with Crippen molar-refractivity contribution in [3.63, 3.8) is 0 Å². The largest absolute Gasteiger partial charge is 0.352 e. The van der Waals surface area contributed by atoms with Crippen LogP contribution in [-0.4, -0.2) is 55.4 Å². The predicted octanol–water partition coefficient (Wildman–Crippen LogP) is 0.804. The molecule has 1 saturated heterocycles. The van der Waals surface area contributed by atoms with Crippen molar-refractivity contribution in [2.75, 3.05) is 13.1 Å². The number of rotatable bonds is 4. The minimum atomic E-state index is -0.299. The molecule has 0 unspecified atom stereocenters. The number of carbonyl (C=O) groups is 1. The zero-order valence-corrected chi connectivity index (χ0v) is 15.0. The van der Waals surface area contributed by atoms with Crippen LogP contribution >= 0.6 is 0 Å². The van der Waals surface area contributed by atoms with Crippen molar-refractivity contribution >= 4 is 11.4 Å². The lowest BCUT2D eigenvalue weighted by atomic mass is 9.92. The van der Waals surface area contributed by atoms with E-state index < -0.39 is 0 Å². The van der Waals surface area contributed by atoms with E-state index in [1.54, 1.807) is 12.3 Å². The highest BCUT2D eigenvalue weighted by Gasteiger charge is 2.26. The van der Waals surface area contributed by atoms with E-state index in [1.165, 1.54) is 47.6 Å². The Labute approximate surface area is 152 Å². The number of carbonyl (C=O) groups excluding carboxylic acids is 1. The van der Waals surface area contributed by atoms with Gasteiger partial charge in [-0.05, 0) is 31.7 Å². The van der Waals surface area contributed by atoms with Gasteiger partial charge in [0, 0.05) is 25.2 Å². The Morgan fingerprint density at radius 2 is 1.88 bits per heavy atom. The number of nitrogens with one attached hydrogen (secondary N) is 1. The molecule has 3 heterocycles. The van der Waals surface area contributed by atoms with Gasteiger partial charge in [-0.15, -0.1) is 0 Å². The number of nitrogens with zero attached hydrogens (tertiary/aromatic N) is 5. The van der Waals surface area contributed by atoms with Crippen molar-refractivity contribution < 1.29 is 4.79 Å². The number of aromatic nitrogens is 4. The summed E-state index contributed by atoms with van der Waals surface area (Å²) in [5.74, 6) is -0.153. The third-order valence-corrected chi connectivity index (χ3v) is 5.70. The molecule has 2 fully saturated rings. The molecule has 2 aromatic heterocycles. The second kappa shape index (κ2) is 7.57. The zero-order valence-electron chi connectivity index (χ0n) is 15.0. The van der Waals surface area contributed by atoms with Crippen LogP contribution in [0.25, 0.3) is 5.52 Å². The first-order chi connectivity index (χ1) is 12.7. The normalized spacial score (nSPS) is 20.5. The maximum absolute atomic E-state index is 12.3. The Morgan fingerprint density at radius 3 is 2.65 bits per heavy atom. The van der Waals surface area contributed by atoms with Gasteiger partial charge in [-0.3, -0.25) is 9.59 Å². The van der Waals surface area contributed by atoms with Crippen LogP contribution in [0, 0.1) is 0 Å². The molecular weight excluding hydrogens is 332 g/mol. The summed E-state index contributed by atoms with van der Waals surface area (Å²) in [7, 11) is 0. The van der Waals surface area contributed by atoms with Gasteiger partial charge >= 0.3 is 0 Å². The van der Waals surface area contributed by atoms with Crippen LogP contribution in [0.4, 0.5) is 0 Å². The summed E-state index contributed by atoms with van der Waals surface area (Å²) in [4.78, 5) is 27.2. The number of amides is 1. The van der Waals surface area contributed by atoms with Gasteiger partial charge in [0.2, 0.25) is 5.91 Å². The smallest absolute Gasteiger partial charge is 0.293 e. The third kappa shape index (κ3) is 3.65. The first kappa shape index (κ1) is 17.2. The number of hydrogen-bond donors (Lipinski definition) is 1. The maximum Gasteiger partial charge on any atom is 0.293 e. The van der Waals surface area contributed by atoms with E-state index in [2.05, 4.69) is 20.4 Å². The molecule has 4 rings (SSSR count). The summed E-state index contributed by atoms with van der Waals surface area (Å²) in [6, 6.07) is 2.56. The summed E-state index contributed by atoms with van der Waals surface area (Å²) < 4.78 is 2.61. The Hall–Kier alpha value is -2.22. The highest BCUT2D eigenvalue weighted by molar-refractivity contribution is 5.76. The van der Waals surface area contributed by atoms with Gasteiger partial charge in [0.15, 0.2) is 0 Å². The molecule has 0 atom stereocenters. The molecule has 1 N–H and O–H groups in total. The fourth-order valence-electron chi connectivity index (χ4n) is 4.25. The summed E-state index contributed by atoms with van der Waals surface area (Å²) in [6.45, 7) is 2.05. The van der Waals surface area contributed by atoms with Crippen LogP contribution in [0.1, 0.15) is 44.9 Å². The van der Waals surface area contributed by atoms with Gasteiger partial charge in [0.05, 0.1) is 6.20 Å². The van der Waals surface area contributed by atoms with Gasteiger partial charge in [-0.1, -0.05) is 19.3 Å². The number of fused-ring (bicyclic) bond motifs is 1. The molecule has 0 spiro atoms. The van der Waals surface area contributed by atoms with E-state index in [0.717, 1.165) is 32.0 Å². The van der Waals surface area contributed by atoms with Crippen molar-refractivity contribution in [2.24, 2.45) is 0 Å². The fraction of sp³-hybridized carbons (Fsp3) is 0.667. The van der Waals surface area contributed by atoms with E-state index >= 15 is 0 Å². The summed E-state index contributed by atoms with van der Waals surface area (Å²) in [6.07, 6.45) is 11.7.